The number of carbonyl (C=O) groups is 2. The van der Waals surface area contributed by atoms with Gasteiger partial charge in [-0.15, -0.1) is 0 Å². The summed E-state index contributed by atoms with van der Waals surface area (Å²) in [6.07, 6.45) is 1.09. The molecular weight excluding hydrogens is 440 g/mol. The van der Waals surface area contributed by atoms with Crippen molar-refractivity contribution in [3.05, 3.63) is 94.3 Å². The molecule has 0 aliphatic carbocycles. The third-order valence-electron chi connectivity index (χ3n) is 4.92. The zero-order valence-electron chi connectivity index (χ0n) is 17.8. The van der Waals surface area contributed by atoms with E-state index in [4.69, 9.17) is 4.74 Å². The minimum absolute atomic E-state index is 0.164. The molecule has 0 radical (unpaired) electrons. The summed E-state index contributed by atoms with van der Waals surface area (Å²) >= 11 is 0. The largest absolute Gasteiger partial charge is 0.465 e. The predicted octanol–water partition coefficient (Wildman–Crippen LogP) is 3.83. The Morgan fingerprint density at radius 3 is 2.38 bits per heavy atom. The van der Waals surface area contributed by atoms with Crippen molar-refractivity contribution in [1.29, 1.82) is 0 Å². The van der Waals surface area contributed by atoms with Gasteiger partial charge in [-0.2, -0.15) is 0 Å². The number of benzene rings is 3. The molecule has 0 atom stereocenters. The normalized spacial score (nSPS) is 10.4. The average Bonchev–Trinajstić information content (AvgIpc) is 2.86. The van der Waals surface area contributed by atoms with E-state index in [-0.39, 0.29) is 22.9 Å². The van der Waals surface area contributed by atoms with Crippen molar-refractivity contribution in [2.75, 3.05) is 17.9 Å². The molecule has 1 heterocycles. The van der Waals surface area contributed by atoms with Crippen molar-refractivity contribution in [2.45, 2.75) is 0 Å². The van der Waals surface area contributed by atoms with E-state index in [2.05, 4.69) is 26.1 Å². The van der Waals surface area contributed by atoms with Crippen LogP contribution >= 0.6 is 0 Å². The second kappa shape index (κ2) is 9.61. The van der Waals surface area contributed by atoms with E-state index in [1.807, 2.05) is 24.3 Å². The van der Waals surface area contributed by atoms with Crippen LogP contribution in [0.3, 0.4) is 0 Å². The highest BCUT2D eigenvalue weighted by Gasteiger charge is 2.25. The zero-order valence-corrected chi connectivity index (χ0v) is 17.8. The van der Waals surface area contributed by atoms with E-state index in [0.717, 1.165) is 17.1 Å². The molecule has 1 aromatic heterocycles. The lowest BCUT2D eigenvalue weighted by Gasteiger charge is -2.13. The van der Waals surface area contributed by atoms with Crippen LogP contribution in [-0.2, 0) is 4.74 Å². The van der Waals surface area contributed by atoms with Crippen LogP contribution in [0.15, 0.2) is 73.1 Å². The molecule has 0 spiro atoms. The number of nitro groups is 1. The van der Waals surface area contributed by atoms with Gasteiger partial charge < -0.3 is 10.1 Å². The average molecular weight is 458 g/mol. The number of anilines is 3. The topological polar surface area (TPSA) is 148 Å². The maximum Gasteiger partial charge on any atom is 0.355 e. The van der Waals surface area contributed by atoms with Crippen LogP contribution in [0, 0.1) is 10.1 Å². The van der Waals surface area contributed by atoms with Crippen LogP contribution in [-0.4, -0.2) is 33.9 Å². The zero-order chi connectivity index (χ0) is 24.1. The van der Waals surface area contributed by atoms with Gasteiger partial charge in [-0.3, -0.25) is 25.8 Å². The molecule has 4 rings (SSSR count). The van der Waals surface area contributed by atoms with Crippen molar-refractivity contribution in [1.82, 2.24) is 15.4 Å². The first-order valence-corrected chi connectivity index (χ1v) is 9.97. The standard InChI is InChI=1S/C23H18N6O5/c1-34-23(31)17-10-4-5-12-18(17)26-20-19(29(32)33)21(25-13-24-20)27-28-22(30)16-11-6-8-14-7-2-3-9-15(14)16/h2-13H,1H3,(H,28,30)(H2,24,25,26,27). The molecule has 11 heteroatoms. The molecule has 4 aromatic rings. The molecule has 0 aliphatic rings. The van der Waals surface area contributed by atoms with Gasteiger partial charge in [-0.1, -0.05) is 48.5 Å². The molecule has 0 unspecified atom stereocenters. The predicted molar refractivity (Wildman–Crippen MR) is 125 cm³/mol. The van der Waals surface area contributed by atoms with E-state index < -0.39 is 22.5 Å². The highest BCUT2D eigenvalue weighted by Crippen LogP contribution is 2.32. The van der Waals surface area contributed by atoms with Crippen LogP contribution < -0.4 is 16.2 Å². The van der Waals surface area contributed by atoms with E-state index >= 15 is 0 Å². The number of para-hydroxylation sites is 1. The lowest BCUT2D eigenvalue weighted by atomic mass is 10.0. The molecule has 34 heavy (non-hydrogen) atoms. The van der Waals surface area contributed by atoms with Gasteiger partial charge in [0.15, 0.2) is 0 Å². The van der Waals surface area contributed by atoms with Crippen LogP contribution in [0.25, 0.3) is 10.8 Å². The first-order valence-electron chi connectivity index (χ1n) is 9.97. The molecule has 3 N–H and O–H groups in total. The van der Waals surface area contributed by atoms with Gasteiger partial charge in [0.25, 0.3) is 5.91 Å². The number of methoxy groups -OCH3 is 1. The molecule has 0 bridgehead atoms. The Hall–Kier alpha value is -5.06. The molecule has 170 valence electrons. The van der Waals surface area contributed by atoms with Gasteiger partial charge in [0.05, 0.1) is 23.3 Å². The highest BCUT2D eigenvalue weighted by molar-refractivity contribution is 6.07. The van der Waals surface area contributed by atoms with Crippen molar-refractivity contribution in [3.63, 3.8) is 0 Å². The van der Waals surface area contributed by atoms with Gasteiger partial charge in [-0.25, -0.2) is 14.8 Å². The monoisotopic (exact) mass is 458 g/mol. The number of ether oxygens (including phenoxy) is 1. The fourth-order valence-corrected chi connectivity index (χ4v) is 3.35. The highest BCUT2D eigenvalue weighted by atomic mass is 16.6. The third kappa shape index (κ3) is 4.43. The van der Waals surface area contributed by atoms with Crippen LogP contribution in [0.2, 0.25) is 0 Å². The summed E-state index contributed by atoms with van der Waals surface area (Å²) in [7, 11) is 1.23. The van der Waals surface area contributed by atoms with Gasteiger partial charge in [0, 0.05) is 5.56 Å². The minimum Gasteiger partial charge on any atom is -0.465 e. The Balaban J connectivity index is 1.62. The second-order valence-corrected chi connectivity index (χ2v) is 6.94. The van der Waals surface area contributed by atoms with Gasteiger partial charge in [0.2, 0.25) is 11.6 Å². The number of carbonyl (C=O) groups excluding carboxylic acids is 2. The molecule has 11 nitrogen and oxygen atoms in total. The number of amides is 1. The van der Waals surface area contributed by atoms with Crippen molar-refractivity contribution in [2.24, 2.45) is 0 Å². The summed E-state index contributed by atoms with van der Waals surface area (Å²) in [6, 6.07) is 18.9. The van der Waals surface area contributed by atoms with Crippen molar-refractivity contribution < 1.29 is 19.2 Å². The Morgan fingerprint density at radius 2 is 1.59 bits per heavy atom. The molecule has 0 fully saturated rings. The van der Waals surface area contributed by atoms with Gasteiger partial charge >= 0.3 is 11.7 Å². The van der Waals surface area contributed by atoms with Crippen LogP contribution in [0.5, 0.6) is 0 Å². The van der Waals surface area contributed by atoms with Crippen LogP contribution in [0.4, 0.5) is 23.0 Å². The molecule has 3 aromatic carbocycles. The quantitative estimate of drug-likeness (QED) is 0.213. The number of hydrogen-bond donors (Lipinski definition) is 3. The lowest BCUT2D eigenvalue weighted by Crippen LogP contribution is -2.30. The number of hydrogen-bond acceptors (Lipinski definition) is 9. The Morgan fingerprint density at radius 1 is 0.912 bits per heavy atom. The maximum absolute atomic E-state index is 12.8. The Bertz CT molecular complexity index is 1400. The summed E-state index contributed by atoms with van der Waals surface area (Å²) < 4.78 is 4.75. The fourth-order valence-electron chi connectivity index (χ4n) is 3.35. The van der Waals surface area contributed by atoms with Gasteiger partial charge in [-0.05, 0) is 29.0 Å². The van der Waals surface area contributed by atoms with E-state index in [1.165, 1.54) is 13.2 Å². The number of hydrazine groups is 1. The van der Waals surface area contributed by atoms with Crippen molar-refractivity contribution >= 4 is 45.7 Å². The Labute approximate surface area is 192 Å². The summed E-state index contributed by atoms with van der Waals surface area (Å²) in [5.41, 5.74) is 5.23. The second-order valence-electron chi connectivity index (χ2n) is 6.94. The van der Waals surface area contributed by atoms with E-state index in [0.29, 0.717) is 5.56 Å². The molecular formula is C23H18N6O5. The first-order chi connectivity index (χ1) is 16.5. The van der Waals surface area contributed by atoms with E-state index in [1.54, 1.807) is 36.4 Å². The SMILES string of the molecule is COC(=O)c1ccccc1Nc1ncnc(NNC(=O)c2cccc3ccccc23)c1[N+](=O)[O-]. The Kier molecular flexibility index (Phi) is 6.26. The number of aromatic nitrogens is 2. The number of fused-ring (bicyclic) bond motifs is 1. The molecule has 0 saturated heterocycles. The maximum atomic E-state index is 12.8. The van der Waals surface area contributed by atoms with E-state index in [9.17, 15) is 19.7 Å². The summed E-state index contributed by atoms with van der Waals surface area (Å²) in [5, 5.41) is 16.2. The smallest absolute Gasteiger partial charge is 0.355 e. The lowest BCUT2D eigenvalue weighted by molar-refractivity contribution is -0.383. The molecule has 0 aliphatic heterocycles. The first kappa shape index (κ1) is 22.1. The number of rotatable bonds is 7. The molecule has 0 saturated carbocycles. The number of nitrogens with zero attached hydrogens (tertiary/aromatic N) is 3. The minimum atomic E-state index is -0.699. The third-order valence-corrected chi connectivity index (χ3v) is 4.92. The summed E-state index contributed by atoms with van der Waals surface area (Å²) in [6.45, 7) is 0. The van der Waals surface area contributed by atoms with Crippen molar-refractivity contribution in [3.8, 4) is 0 Å². The number of nitrogens with one attached hydrogen (secondary N) is 3. The van der Waals surface area contributed by atoms with Crippen LogP contribution in [0.1, 0.15) is 20.7 Å². The fraction of sp³-hybridized carbons (Fsp3) is 0.0435. The van der Waals surface area contributed by atoms with Gasteiger partial charge in [0.1, 0.15) is 6.33 Å². The molecule has 1 amide bonds. The summed E-state index contributed by atoms with van der Waals surface area (Å²) in [5.74, 6) is -1.55. The number of esters is 1. The summed E-state index contributed by atoms with van der Waals surface area (Å²) in [4.78, 5) is 43.8.